The van der Waals surface area contributed by atoms with Crippen LogP contribution in [-0.4, -0.2) is 24.5 Å². The predicted octanol–water partition coefficient (Wildman–Crippen LogP) is 2.17. The van der Waals surface area contributed by atoms with Crippen molar-refractivity contribution in [3.05, 3.63) is 34.3 Å². The van der Waals surface area contributed by atoms with Crippen LogP contribution in [0.2, 0.25) is 0 Å². The van der Waals surface area contributed by atoms with Gasteiger partial charge in [0.25, 0.3) is 11.8 Å². The van der Waals surface area contributed by atoms with Crippen LogP contribution in [0.3, 0.4) is 0 Å². The van der Waals surface area contributed by atoms with Crippen LogP contribution in [0.5, 0.6) is 0 Å². The molecule has 5 nitrogen and oxygen atoms in total. The Hall–Kier alpha value is -1.40. The first-order chi connectivity index (χ1) is 9.65. The van der Waals surface area contributed by atoms with Gasteiger partial charge in [0.2, 0.25) is 0 Å². The number of carbonyl (C=O) groups excluding carboxylic acids is 2. The lowest BCUT2D eigenvalue weighted by molar-refractivity contribution is -0.137. The van der Waals surface area contributed by atoms with Crippen LogP contribution in [0.1, 0.15) is 36.0 Å². The highest BCUT2D eigenvalue weighted by atomic mass is 79.9. The normalized spacial score (nSPS) is 15.1. The van der Waals surface area contributed by atoms with E-state index >= 15 is 0 Å². The summed E-state index contributed by atoms with van der Waals surface area (Å²) in [4.78, 5) is 28.6. The average molecular weight is 341 g/mol. The third-order valence-electron chi connectivity index (χ3n) is 3.14. The summed E-state index contributed by atoms with van der Waals surface area (Å²) in [7, 11) is 0. The largest absolute Gasteiger partial charge is 0.343 e. The molecule has 1 saturated carbocycles. The minimum absolute atomic E-state index is 0.0991. The predicted molar refractivity (Wildman–Crippen MR) is 78.0 cm³/mol. The monoisotopic (exact) mass is 340 g/mol. The molecule has 1 aliphatic rings. The Morgan fingerprint density at radius 2 is 2.05 bits per heavy atom. The standard InChI is InChI=1S/C14H17BrN2O3/c15-11-5-3-4-10(8-11)14(19)16-9-13(18)17-20-12-6-1-2-7-12/h3-5,8,12H,1-2,6-7,9H2,(H,16,19)(H,17,18). The molecule has 20 heavy (non-hydrogen) atoms. The first-order valence-corrected chi connectivity index (χ1v) is 7.43. The fraction of sp³-hybridized carbons (Fsp3) is 0.429. The zero-order valence-corrected chi connectivity index (χ0v) is 12.6. The molecule has 0 spiro atoms. The van der Waals surface area contributed by atoms with Crippen molar-refractivity contribution in [1.82, 2.24) is 10.8 Å². The van der Waals surface area contributed by atoms with Crippen LogP contribution < -0.4 is 10.8 Å². The summed E-state index contributed by atoms with van der Waals surface area (Å²) in [5.41, 5.74) is 2.88. The number of carbonyl (C=O) groups is 2. The molecule has 2 N–H and O–H groups in total. The van der Waals surface area contributed by atoms with Gasteiger partial charge in [-0.05, 0) is 31.0 Å². The Labute approximate surface area is 126 Å². The van der Waals surface area contributed by atoms with Crippen molar-refractivity contribution in [2.24, 2.45) is 0 Å². The lowest BCUT2D eigenvalue weighted by Crippen LogP contribution is -2.38. The molecule has 0 heterocycles. The summed E-state index contributed by atoms with van der Waals surface area (Å²) in [5, 5.41) is 2.55. The SMILES string of the molecule is O=C(CNC(=O)c1cccc(Br)c1)NOC1CCCC1. The van der Waals surface area contributed by atoms with E-state index in [0.717, 1.165) is 30.2 Å². The molecule has 1 aromatic rings. The fourth-order valence-corrected chi connectivity index (χ4v) is 2.48. The van der Waals surface area contributed by atoms with E-state index in [0.29, 0.717) is 5.56 Å². The van der Waals surface area contributed by atoms with Crippen molar-refractivity contribution < 1.29 is 14.4 Å². The van der Waals surface area contributed by atoms with Gasteiger partial charge in [0.1, 0.15) is 0 Å². The van der Waals surface area contributed by atoms with Gasteiger partial charge in [0, 0.05) is 10.0 Å². The lowest BCUT2D eigenvalue weighted by atomic mass is 10.2. The van der Waals surface area contributed by atoms with Crippen molar-refractivity contribution in [3.63, 3.8) is 0 Å². The second kappa shape index (κ2) is 7.40. The Morgan fingerprint density at radius 1 is 1.30 bits per heavy atom. The molecule has 0 saturated heterocycles. The van der Waals surface area contributed by atoms with Gasteiger partial charge < -0.3 is 5.32 Å². The molecule has 6 heteroatoms. The van der Waals surface area contributed by atoms with Crippen molar-refractivity contribution >= 4 is 27.7 Å². The molecule has 1 aromatic carbocycles. The smallest absolute Gasteiger partial charge is 0.262 e. The van der Waals surface area contributed by atoms with Crippen molar-refractivity contribution in [1.29, 1.82) is 0 Å². The van der Waals surface area contributed by atoms with Gasteiger partial charge in [-0.1, -0.05) is 34.8 Å². The maximum Gasteiger partial charge on any atom is 0.262 e. The molecule has 108 valence electrons. The van der Waals surface area contributed by atoms with Gasteiger partial charge in [-0.2, -0.15) is 0 Å². The number of rotatable bonds is 5. The highest BCUT2D eigenvalue weighted by Crippen LogP contribution is 2.19. The van der Waals surface area contributed by atoms with Crippen LogP contribution in [0.15, 0.2) is 28.7 Å². The van der Waals surface area contributed by atoms with Gasteiger partial charge >= 0.3 is 0 Å². The quantitative estimate of drug-likeness (QED) is 0.807. The summed E-state index contributed by atoms with van der Waals surface area (Å²) in [5.74, 6) is -0.637. The zero-order valence-electron chi connectivity index (χ0n) is 11.0. The third-order valence-corrected chi connectivity index (χ3v) is 3.63. The number of hydroxylamine groups is 1. The number of amides is 2. The Balaban J connectivity index is 1.71. The lowest BCUT2D eigenvalue weighted by Gasteiger charge is -2.11. The van der Waals surface area contributed by atoms with E-state index < -0.39 is 0 Å². The number of halogens is 1. The molecule has 2 rings (SSSR count). The minimum Gasteiger partial charge on any atom is -0.343 e. The first kappa shape index (κ1) is 15.0. The highest BCUT2D eigenvalue weighted by Gasteiger charge is 2.17. The molecular formula is C14H17BrN2O3. The van der Waals surface area contributed by atoms with E-state index in [1.807, 2.05) is 6.07 Å². The van der Waals surface area contributed by atoms with Gasteiger partial charge in [0.15, 0.2) is 0 Å². The van der Waals surface area contributed by atoms with E-state index in [-0.39, 0.29) is 24.5 Å². The number of nitrogens with one attached hydrogen (secondary N) is 2. The Bertz CT molecular complexity index is 487. The van der Waals surface area contributed by atoms with Crippen LogP contribution >= 0.6 is 15.9 Å². The summed E-state index contributed by atoms with van der Waals surface area (Å²) >= 11 is 3.29. The van der Waals surface area contributed by atoms with Gasteiger partial charge in [-0.3, -0.25) is 14.4 Å². The van der Waals surface area contributed by atoms with E-state index in [1.54, 1.807) is 18.2 Å². The summed E-state index contributed by atoms with van der Waals surface area (Å²) in [6.45, 7) is -0.0991. The van der Waals surface area contributed by atoms with E-state index in [9.17, 15) is 9.59 Å². The van der Waals surface area contributed by atoms with Crippen LogP contribution in [0.25, 0.3) is 0 Å². The molecule has 0 bridgehead atoms. The third kappa shape index (κ3) is 4.61. The topological polar surface area (TPSA) is 67.4 Å². The Kier molecular flexibility index (Phi) is 5.55. The maximum atomic E-state index is 11.8. The number of benzene rings is 1. The molecule has 1 fully saturated rings. The fourth-order valence-electron chi connectivity index (χ4n) is 2.08. The molecule has 0 aliphatic heterocycles. The molecule has 1 aliphatic carbocycles. The van der Waals surface area contributed by atoms with E-state index in [2.05, 4.69) is 26.7 Å². The van der Waals surface area contributed by atoms with Gasteiger partial charge in [-0.25, -0.2) is 5.48 Å². The van der Waals surface area contributed by atoms with Gasteiger partial charge in [-0.15, -0.1) is 0 Å². The first-order valence-electron chi connectivity index (χ1n) is 6.63. The van der Waals surface area contributed by atoms with E-state index in [1.165, 1.54) is 0 Å². The van der Waals surface area contributed by atoms with E-state index in [4.69, 9.17) is 4.84 Å². The average Bonchev–Trinajstić information content (AvgIpc) is 2.95. The molecule has 0 aromatic heterocycles. The number of hydrogen-bond donors (Lipinski definition) is 2. The maximum absolute atomic E-state index is 11.8. The summed E-state index contributed by atoms with van der Waals surface area (Å²) < 4.78 is 0.819. The molecule has 0 unspecified atom stereocenters. The van der Waals surface area contributed by atoms with Crippen LogP contribution in [-0.2, 0) is 9.63 Å². The highest BCUT2D eigenvalue weighted by molar-refractivity contribution is 9.10. The number of hydrogen-bond acceptors (Lipinski definition) is 3. The second-order valence-corrected chi connectivity index (χ2v) is 5.66. The molecule has 0 radical (unpaired) electrons. The molecular weight excluding hydrogens is 324 g/mol. The minimum atomic E-state index is -0.347. The van der Waals surface area contributed by atoms with Crippen LogP contribution in [0, 0.1) is 0 Å². The van der Waals surface area contributed by atoms with Crippen LogP contribution in [0.4, 0.5) is 0 Å². The Morgan fingerprint density at radius 3 is 2.75 bits per heavy atom. The molecule has 2 amide bonds. The summed E-state index contributed by atoms with van der Waals surface area (Å²) in [6, 6.07) is 6.98. The van der Waals surface area contributed by atoms with Gasteiger partial charge in [0.05, 0.1) is 12.6 Å². The zero-order chi connectivity index (χ0) is 14.4. The van der Waals surface area contributed by atoms with Crippen molar-refractivity contribution in [3.8, 4) is 0 Å². The van der Waals surface area contributed by atoms with Crippen molar-refractivity contribution in [2.45, 2.75) is 31.8 Å². The van der Waals surface area contributed by atoms with Crippen molar-refractivity contribution in [2.75, 3.05) is 6.54 Å². The summed E-state index contributed by atoms with van der Waals surface area (Å²) in [6.07, 6.45) is 4.34. The molecule has 0 atom stereocenters. The second-order valence-electron chi connectivity index (χ2n) is 4.74.